The molecule has 23 heavy (non-hydrogen) atoms. The normalized spacial score (nSPS) is 11.6. The highest BCUT2D eigenvalue weighted by molar-refractivity contribution is 9.10. The summed E-state index contributed by atoms with van der Waals surface area (Å²) in [6, 6.07) is 10.5. The summed E-state index contributed by atoms with van der Waals surface area (Å²) >= 11 is 3.37. The maximum absolute atomic E-state index is 12.3. The largest absolute Gasteiger partial charge is 0.350 e. The summed E-state index contributed by atoms with van der Waals surface area (Å²) < 4.78 is 0.777. The van der Waals surface area contributed by atoms with Crippen LogP contribution in [0.25, 0.3) is 0 Å². The number of halogens is 1. The first kappa shape index (κ1) is 17.1. The van der Waals surface area contributed by atoms with Gasteiger partial charge in [0.15, 0.2) is 0 Å². The molecule has 0 aliphatic carbocycles. The number of rotatable bonds is 5. The lowest BCUT2D eigenvalue weighted by Crippen LogP contribution is -2.32. The Morgan fingerprint density at radius 1 is 1.22 bits per heavy atom. The number of carbonyl (C=O) groups is 2. The molecular weight excluding hydrogens is 358 g/mol. The second kappa shape index (κ2) is 7.87. The summed E-state index contributed by atoms with van der Waals surface area (Å²) in [5.41, 5.74) is 1.25. The maximum Gasteiger partial charge on any atom is 0.274 e. The standard InChI is InChI=1S/C17H18BrN3O2/c1-3-11(2)20-16(22)12-8-9-19-15(10-12)17(23)21-14-7-5-4-6-13(14)18/h4-11H,3H2,1-2H3,(H,20,22)(H,21,23). The van der Waals surface area contributed by atoms with Gasteiger partial charge in [0.1, 0.15) is 5.69 Å². The van der Waals surface area contributed by atoms with Crippen molar-refractivity contribution >= 4 is 33.4 Å². The second-order valence-electron chi connectivity index (χ2n) is 5.15. The Kier molecular flexibility index (Phi) is 5.87. The molecule has 0 fully saturated rings. The number of pyridine rings is 1. The molecule has 0 saturated heterocycles. The number of nitrogens with one attached hydrogen (secondary N) is 2. The lowest BCUT2D eigenvalue weighted by Gasteiger charge is -2.12. The number of aromatic nitrogens is 1. The van der Waals surface area contributed by atoms with Crippen molar-refractivity contribution in [2.24, 2.45) is 0 Å². The summed E-state index contributed by atoms with van der Waals surface area (Å²) in [6.45, 7) is 3.92. The lowest BCUT2D eigenvalue weighted by atomic mass is 10.2. The molecule has 2 amide bonds. The van der Waals surface area contributed by atoms with Crippen LogP contribution in [-0.4, -0.2) is 22.8 Å². The summed E-state index contributed by atoms with van der Waals surface area (Å²) in [5, 5.41) is 5.63. The van der Waals surface area contributed by atoms with E-state index in [-0.39, 0.29) is 23.6 Å². The number of hydrogen-bond donors (Lipinski definition) is 2. The Morgan fingerprint density at radius 3 is 2.65 bits per heavy atom. The van der Waals surface area contributed by atoms with Crippen molar-refractivity contribution in [2.75, 3.05) is 5.32 Å². The van der Waals surface area contributed by atoms with Crippen LogP contribution in [0.4, 0.5) is 5.69 Å². The minimum Gasteiger partial charge on any atom is -0.350 e. The quantitative estimate of drug-likeness (QED) is 0.837. The molecule has 2 N–H and O–H groups in total. The summed E-state index contributed by atoms with van der Waals surface area (Å²) in [6.07, 6.45) is 2.30. The lowest BCUT2D eigenvalue weighted by molar-refractivity contribution is 0.0939. The predicted octanol–water partition coefficient (Wildman–Crippen LogP) is 3.62. The molecule has 5 nitrogen and oxygen atoms in total. The summed E-state index contributed by atoms with van der Waals surface area (Å²) in [5.74, 6) is -0.577. The number of carbonyl (C=O) groups excluding carboxylic acids is 2. The monoisotopic (exact) mass is 375 g/mol. The van der Waals surface area contributed by atoms with Crippen LogP contribution < -0.4 is 10.6 Å². The van der Waals surface area contributed by atoms with Gasteiger partial charge in [-0.05, 0) is 53.5 Å². The van der Waals surface area contributed by atoms with Crippen LogP contribution in [0.15, 0.2) is 47.1 Å². The van der Waals surface area contributed by atoms with Gasteiger partial charge in [0.2, 0.25) is 0 Å². The Balaban J connectivity index is 2.14. The van der Waals surface area contributed by atoms with Gasteiger partial charge in [-0.2, -0.15) is 0 Å². The molecule has 0 aliphatic heterocycles. The van der Waals surface area contributed by atoms with Crippen LogP contribution >= 0.6 is 15.9 Å². The van der Waals surface area contributed by atoms with Crippen molar-refractivity contribution in [1.82, 2.24) is 10.3 Å². The van der Waals surface area contributed by atoms with Crippen LogP contribution in [0.2, 0.25) is 0 Å². The van der Waals surface area contributed by atoms with Crippen LogP contribution in [0, 0.1) is 0 Å². The van der Waals surface area contributed by atoms with E-state index < -0.39 is 0 Å². The van der Waals surface area contributed by atoms with Crippen molar-refractivity contribution in [2.45, 2.75) is 26.3 Å². The Morgan fingerprint density at radius 2 is 1.96 bits per heavy atom. The Hall–Kier alpha value is -2.21. The third-order valence-electron chi connectivity index (χ3n) is 3.37. The van der Waals surface area contributed by atoms with Crippen LogP contribution in [0.5, 0.6) is 0 Å². The number of para-hydroxylation sites is 1. The summed E-state index contributed by atoms with van der Waals surface area (Å²) in [4.78, 5) is 28.5. The molecule has 1 unspecified atom stereocenters. The van der Waals surface area contributed by atoms with Crippen molar-refractivity contribution in [3.05, 3.63) is 58.3 Å². The topological polar surface area (TPSA) is 71.1 Å². The van der Waals surface area contributed by atoms with Crippen molar-refractivity contribution in [3.8, 4) is 0 Å². The third kappa shape index (κ3) is 4.63. The number of benzene rings is 1. The fourth-order valence-electron chi connectivity index (χ4n) is 1.85. The molecule has 0 spiro atoms. The van der Waals surface area contributed by atoms with Gasteiger partial charge in [-0.1, -0.05) is 19.1 Å². The van der Waals surface area contributed by atoms with E-state index in [0.29, 0.717) is 11.3 Å². The van der Waals surface area contributed by atoms with E-state index in [9.17, 15) is 9.59 Å². The van der Waals surface area contributed by atoms with E-state index in [2.05, 4.69) is 31.5 Å². The molecule has 120 valence electrons. The molecule has 0 saturated carbocycles. The van der Waals surface area contributed by atoms with Crippen LogP contribution in [0.1, 0.15) is 41.1 Å². The smallest absolute Gasteiger partial charge is 0.274 e. The summed E-state index contributed by atoms with van der Waals surface area (Å²) in [7, 11) is 0. The van der Waals surface area contributed by atoms with E-state index in [1.54, 1.807) is 12.1 Å². The van der Waals surface area contributed by atoms with Gasteiger partial charge in [-0.25, -0.2) is 0 Å². The average Bonchev–Trinajstić information content (AvgIpc) is 2.56. The van der Waals surface area contributed by atoms with Gasteiger partial charge in [-0.3, -0.25) is 14.6 Å². The first-order valence-electron chi connectivity index (χ1n) is 7.34. The average molecular weight is 376 g/mol. The molecule has 2 rings (SSSR count). The molecule has 0 bridgehead atoms. The fourth-order valence-corrected chi connectivity index (χ4v) is 2.24. The van der Waals surface area contributed by atoms with E-state index >= 15 is 0 Å². The number of nitrogens with zero attached hydrogens (tertiary/aromatic N) is 1. The highest BCUT2D eigenvalue weighted by atomic mass is 79.9. The van der Waals surface area contributed by atoms with Gasteiger partial charge >= 0.3 is 0 Å². The molecule has 0 aliphatic rings. The van der Waals surface area contributed by atoms with Gasteiger partial charge in [0.05, 0.1) is 5.69 Å². The zero-order chi connectivity index (χ0) is 16.8. The molecule has 0 radical (unpaired) electrons. The fraction of sp³-hybridized carbons (Fsp3) is 0.235. The van der Waals surface area contributed by atoms with Crippen LogP contribution in [-0.2, 0) is 0 Å². The molecule has 1 heterocycles. The highest BCUT2D eigenvalue weighted by Crippen LogP contribution is 2.21. The molecular formula is C17H18BrN3O2. The second-order valence-corrected chi connectivity index (χ2v) is 6.00. The van der Waals surface area contributed by atoms with Gasteiger partial charge in [-0.15, -0.1) is 0 Å². The maximum atomic E-state index is 12.3. The van der Waals surface area contributed by atoms with Gasteiger partial charge in [0, 0.05) is 22.3 Å². The molecule has 1 aromatic carbocycles. The predicted molar refractivity (Wildman–Crippen MR) is 93.6 cm³/mol. The minimum absolute atomic E-state index is 0.0771. The van der Waals surface area contributed by atoms with Crippen molar-refractivity contribution in [3.63, 3.8) is 0 Å². The van der Waals surface area contributed by atoms with Gasteiger partial charge < -0.3 is 10.6 Å². The van der Waals surface area contributed by atoms with E-state index in [0.717, 1.165) is 10.9 Å². The van der Waals surface area contributed by atoms with Gasteiger partial charge in [0.25, 0.3) is 11.8 Å². The minimum atomic E-state index is -0.366. The molecule has 6 heteroatoms. The SMILES string of the molecule is CCC(C)NC(=O)c1ccnc(C(=O)Nc2ccccc2Br)c1. The number of anilines is 1. The van der Waals surface area contributed by atoms with E-state index in [1.165, 1.54) is 12.3 Å². The first-order chi connectivity index (χ1) is 11.0. The number of amides is 2. The molecule has 1 atom stereocenters. The molecule has 1 aromatic heterocycles. The Labute approximate surface area is 143 Å². The van der Waals surface area contributed by atoms with E-state index in [1.807, 2.05) is 32.0 Å². The zero-order valence-corrected chi connectivity index (χ0v) is 14.6. The Bertz CT molecular complexity index is 718. The van der Waals surface area contributed by atoms with Crippen molar-refractivity contribution in [1.29, 1.82) is 0 Å². The van der Waals surface area contributed by atoms with Crippen molar-refractivity contribution < 1.29 is 9.59 Å². The third-order valence-corrected chi connectivity index (χ3v) is 4.06. The zero-order valence-electron chi connectivity index (χ0n) is 13.0. The number of hydrogen-bond acceptors (Lipinski definition) is 3. The highest BCUT2D eigenvalue weighted by Gasteiger charge is 2.14. The first-order valence-corrected chi connectivity index (χ1v) is 8.13. The van der Waals surface area contributed by atoms with E-state index in [4.69, 9.17) is 0 Å². The van der Waals surface area contributed by atoms with Crippen LogP contribution in [0.3, 0.4) is 0 Å². The molecule has 2 aromatic rings.